The van der Waals surface area contributed by atoms with Crippen LogP contribution in [-0.2, 0) is 6.42 Å². The zero-order valence-electron chi connectivity index (χ0n) is 18.2. The second-order valence-electron chi connectivity index (χ2n) is 8.39. The number of anilines is 1. The highest BCUT2D eigenvalue weighted by Crippen LogP contribution is 2.36. The predicted molar refractivity (Wildman–Crippen MR) is 118 cm³/mol. The van der Waals surface area contributed by atoms with Gasteiger partial charge in [-0.05, 0) is 43.9 Å². The molecule has 0 spiro atoms. The topological polar surface area (TPSA) is 81.3 Å². The van der Waals surface area contributed by atoms with Gasteiger partial charge in [0.15, 0.2) is 0 Å². The molecule has 2 aliphatic rings. The van der Waals surface area contributed by atoms with Crippen LogP contribution in [0.1, 0.15) is 53.8 Å². The Kier molecular flexibility index (Phi) is 6.36. The standard InChI is InChI=1S/C23H30FN5O2/c1-3-15-5-7-18(27-22(15)30)16-4-6-17(14-16)28-10-12-29(13-11-28)20-9-8-19(23(31)25-2)26-21(20)24/h5,7-9,16-17H,3-4,6,10-14H2,1-2H3,(H,25,31)(H,27,30)/t16-,17-/m1/s1. The van der Waals surface area contributed by atoms with Crippen molar-refractivity contribution in [3.05, 3.63) is 57.5 Å². The number of rotatable bonds is 5. The summed E-state index contributed by atoms with van der Waals surface area (Å²) in [5, 5.41) is 2.46. The number of piperazine rings is 1. The Morgan fingerprint density at radius 2 is 1.97 bits per heavy atom. The van der Waals surface area contributed by atoms with Gasteiger partial charge in [-0.2, -0.15) is 4.39 Å². The van der Waals surface area contributed by atoms with Crippen molar-refractivity contribution in [2.24, 2.45) is 0 Å². The summed E-state index contributed by atoms with van der Waals surface area (Å²) in [5.41, 5.74) is 2.46. The van der Waals surface area contributed by atoms with Crippen LogP contribution in [0.25, 0.3) is 0 Å². The van der Waals surface area contributed by atoms with Crippen LogP contribution in [0.2, 0.25) is 0 Å². The van der Waals surface area contributed by atoms with E-state index in [1.165, 1.54) is 7.05 Å². The smallest absolute Gasteiger partial charge is 0.269 e. The summed E-state index contributed by atoms with van der Waals surface area (Å²) in [6.07, 6.45) is 3.97. The van der Waals surface area contributed by atoms with Crippen LogP contribution in [0.15, 0.2) is 29.1 Å². The molecule has 8 heteroatoms. The number of aryl methyl sites for hydroxylation is 1. The van der Waals surface area contributed by atoms with Crippen LogP contribution < -0.4 is 15.8 Å². The molecule has 4 rings (SSSR count). The van der Waals surface area contributed by atoms with Gasteiger partial charge in [-0.15, -0.1) is 0 Å². The third-order valence-corrected chi connectivity index (χ3v) is 6.70. The van der Waals surface area contributed by atoms with Gasteiger partial charge in [0, 0.05) is 56.4 Å². The summed E-state index contributed by atoms with van der Waals surface area (Å²) in [5.74, 6) is -0.604. The van der Waals surface area contributed by atoms with Crippen LogP contribution in [0.4, 0.5) is 10.1 Å². The maximum absolute atomic E-state index is 14.5. The minimum Gasteiger partial charge on any atom is -0.365 e. The van der Waals surface area contributed by atoms with E-state index in [4.69, 9.17) is 0 Å². The summed E-state index contributed by atoms with van der Waals surface area (Å²) in [6.45, 7) is 5.16. The summed E-state index contributed by atoms with van der Waals surface area (Å²) in [6, 6.07) is 7.72. The number of nitrogens with one attached hydrogen (secondary N) is 2. The van der Waals surface area contributed by atoms with Gasteiger partial charge in [-0.1, -0.05) is 13.0 Å². The lowest BCUT2D eigenvalue weighted by molar-refractivity contribution is 0.0957. The first-order valence-corrected chi connectivity index (χ1v) is 11.1. The van der Waals surface area contributed by atoms with E-state index in [1.54, 1.807) is 12.1 Å². The molecule has 3 heterocycles. The Hall–Kier alpha value is -2.74. The van der Waals surface area contributed by atoms with E-state index in [9.17, 15) is 14.0 Å². The molecule has 2 fully saturated rings. The van der Waals surface area contributed by atoms with E-state index in [1.807, 2.05) is 17.9 Å². The second kappa shape index (κ2) is 9.18. The molecule has 1 saturated heterocycles. The van der Waals surface area contributed by atoms with Crippen molar-refractivity contribution >= 4 is 11.6 Å². The molecule has 2 aromatic rings. The number of aromatic nitrogens is 2. The minimum absolute atomic E-state index is 0.0372. The highest BCUT2D eigenvalue weighted by atomic mass is 19.1. The van der Waals surface area contributed by atoms with Crippen LogP contribution in [-0.4, -0.2) is 60.0 Å². The van der Waals surface area contributed by atoms with Gasteiger partial charge < -0.3 is 15.2 Å². The number of amides is 1. The summed E-state index contributed by atoms with van der Waals surface area (Å²) >= 11 is 0. The monoisotopic (exact) mass is 427 g/mol. The first-order chi connectivity index (χ1) is 15.0. The maximum atomic E-state index is 14.5. The molecular weight excluding hydrogens is 397 g/mol. The van der Waals surface area contributed by atoms with Crippen molar-refractivity contribution in [1.29, 1.82) is 0 Å². The van der Waals surface area contributed by atoms with Crippen LogP contribution in [0, 0.1) is 5.95 Å². The van der Waals surface area contributed by atoms with Crippen molar-refractivity contribution in [3.8, 4) is 0 Å². The maximum Gasteiger partial charge on any atom is 0.269 e. The average molecular weight is 428 g/mol. The zero-order valence-corrected chi connectivity index (χ0v) is 18.2. The van der Waals surface area contributed by atoms with E-state index in [-0.39, 0.29) is 11.3 Å². The van der Waals surface area contributed by atoms with E-state index in [0.29, 0.717) is 17.6 Å². The number of hydrogen-bond donors (Lipinski definition) is 2. The fraction of sp³-hybridized carbons (Fsp3) is 0.522. The molecule has 1 saturated carbocycles. The molecular formula is C23H30FN5O2. The third kappa shape index (κ3) is 4.49. The van der Waals surface area contributed by atoms with E-state index < -0.39 is 11.9 Å². The molecule has 2 N–H and O–H groups in total. The second-order valence-corrected chi connectivity index (χ2v) is 8.39. The molecule has 0 bridgehead atoms. The molecule has 0 aromatic carbocycles. The molecule has 1 aliphatic heterocycles. The Morgan fingerprint density at radius 3 is 2.61 bits per heavy atom. The highest BCUT2D eigenvalue weighted by Gasteiger charge is 2.33. The van der Waals surface area contributed by atoms with Gasteiger partial charge in [0.1, 0.15) is 5.69 Å². The van der Waals surface area contributed by atoms with E-state index >= 15 is 0 Å². The van der Waals surface area contributed by atoms with Crippen molar-refractivity contribution in [3.63, 3.8) is 0 Å². The molecule has 0 unspecified atom stereocenters. The predicted octanol–water partition coefficient (Wildman–Crippen LogP) is 2.29. The van der Waals surface area contributed by atoms with Gasteiger partial charge in [0.25, 0.3) is 11.5 Å². The van der Waals surface area contributed by atoms with Crippen molar-refractivity contribution < 1.29 is 9.18 Å². The highest BCUT2D eigenvalue weighted by molar-refractivity contribution is 5.92. The first-order valence-electron chi connectivity index (χ1n) is 11.1. The number of pyridine rings is 2. The molecule has 2 aromatic heterocycles. The fourth-order valence-corrected chi connectivity index (χ4v) is 4.85. The Morgan fingerprint density at radius 1 is 1.19 bits per heavy atom. The first kappa shape index (κ1) is 21.5. The number of carbonyl (C=O) groups is 1. The molecule has 31 heavy (non-hydrogen) atoms. The van der Waals surface area contributed by atoms with Gasteiger partial charge in [0.05, 0.1) is 5.69 Å². The molecule has 0 radical (unpaired) electrons. The summed E-state index contributed by atoms with van der Waals surface area (Å²) < 4.78 is 14.5. The van der Waals surface area contributed by atoms with Gasteiger partial charge in [0.2, 0.25) is 5.95 Å². The zero-order chi connectivity index (χ0) is 22.0. The number of halogens is 1. The normalized spacial score (nSPS) is 22.0. The van der Waals surface area contributed by atoms with Crippen molar-refractivity contribution in [2.75, 3.05) is 38.1 Å². The van der Waals surface area contributed by atoms with Crippen LogP contribution >= 0.6 is 0 Å². The quantitative estimate of drug-likeness (QED) is 0.716. The summed E-state index contributed by atoms with van der Waals surface area (Å²) in [4.78, 5) is 35.2. The number of carbonyl (C=O) groups excluding carboxylic acids is 1. The van der Waals surface area contributed by atoms with Gasteiger partial charge in [-0.3, -0.25) is 14.5 Å². The third-order valence-electron chi connectivity index (χ3n) is 6.70. The SMILES string of the molecule is CCc1ccc([C@@H]2CC[C@@H](N3CCN(c4ccc(C(=O)NC)nc4F)CC3)C2)[nH]c1=O. The summed E-state index contributed by atoms with van der Waals surface area (Å²) in [7, 11) is 1.50. The molecule has 1 aliphatic carbocycles. The Labute approximate surface area is 181 Å². The van der Waals surface area contributed by atoms with Gasteiger partial charge in [-0.25, -0.2) is 4.98 Å². The molecule has 7 nitrogen and oxygen atoms in total. The lowest BCUT2D eigenvalue weighted by Crippen LogP contribution is -2.50. The van der Waals surface area contributed by atoms with Crippen LogP contribution in [0.3, 0.4) is 0 Å². The lowest BCUT2D eigenvalue weighted by Gasteiger charge is -2.39. The number of hydrogen-bond acceptors (Lipinski definition) is 5. The fourth-order valence-electron chi connectivity index (χ4n) is 4.85. The minimum atomic E-state index is -0.602. The number of nitrogens with zero attached hydrogens (tertiary/aromatic N) is 3. The largest absolute Gasteiger partial charge is 0.365 e. The van der Waals surface area contributed by atoms with E-state index in [2.05, 4.69) is 26.3 Å². The molecule has 166 valence electrons. The average Bonchev–Trinajstić information content (AvgIpc) is 3.29. The van der Waals surface area contributed by atoms with Gasteiger partial charge >= 0.3 is 0 Å². The Balaban J connectivity index is 1.35. The lowest BCUT2D eigenvalue weighted by atomic mass is 10.0. The number of aromatic amines is 1. The van der Waals surface area contributed by atoms with Crippen molar-refractivity contribution in [2.45, 2.75) is 44.6 Å². The molecule has 2 atom stereocenters. The van der Waals surface area contributed by atoms with E-state index in [0.717, 1.165) is 63.1 Å². The van der Waals surface area contributed by atoms with Crippen molar-refractivity contribution in [1.82, 2.24) is 20.2 Å². The Bertz CT molecular complexity index is 1000. The van der Waals surface area contributed by atoms with Crippen LogP contribution in [0.5, 0.6) is 0 Å². The number of H-pyrrole nitrogens is 1. The molecule has 1 amide bonds.